The van der Waals surface area contributed by atoms with Gasteiger partial charge >= 0.3 is 0 Å². The van der Waals surface area contributed by atoms with Crippen LogP contribution in [-0.2, 0) is 14.3 Å². The van der Waals surface area contributed by atoms with Crippen molar-refractivity contribution < 1.29 is 19.4 Å². The van der Waals surface area contributed by atoms with Gasteiger partial charge in [-0.25, -0.2) is 0 Å². The van der Waals surface area contributed by atoms with Crippen molar-refractivity contribution in [1.29, 1.82) is 0 Å². The zero-order chi connectivity index (χ0) is 27.4. The molecule has 5 N–H and O–H groups in total. The molecular formula is C31H56N4O4. The maximum absolute atomic E-state index is 13.4. The van der Waals surface area contributed by atoms with E-state index in [2.05, 4.69) is 35.1 Å². The van der Waals surface area contributed by atoms with Crippen LogP contribution in [0.4, 0.5) is 0 Å². The minimum Gasteiger partial charge on any atom is -0.389 e. The first-order chi connectivity index (χ1) is 18.9. The summed E-state index contributed by atoms with van der Waals surface area (Å²) < 4.78 is 11.7. The molecule has 0 spiro atoms. The molecule has 2 heterocycles. The van der Waals surface area contributed by atoms with Gasteiger partial charge in [0.25, 0.3) is 0 Å². The highest BCUT2D eigenvalue weighted by Crippen LogP contribution is 2.39. The maximum Gasteiger partial charge on any atom is 0.237 e. The Labute approximate surface area is 236 Å². The standard InChI is InChI=1S/C31H56N4O4/c1-19-6-4-8-23-14-27(34-28(19)23)31(37)35-30(22-10-11-22)29-20(2)12-26(17-33-29)39-18-24(36)16-32-15-21-7-5-9-25(13-21)38-3/h19-30,32-34,36H,4-18H2,1-3H3,(H,35,37). The molecule has 0 radical (unpaired) electrons. The van der Waals surface area contributed by atoms with Crippen molar-refractivity contribution in [3.05, 3.63) is 0 Å². The summed E-state index contributed by atoms with van der Waals surface area (Å²) in [6.07, 6.45) is 13.0. The van der Waals surface area contributed by atoms with Gasteiger partial charge in [-0.05, 0) is 93.9 Å². The van der Waals surface area contributed by atoms with Crippen LogP contribution < -0.4 is 21.3 Å². The van der Waals surface area contributed by atoms with Crippen molar-refractivity contribution in [2.24, 2.45) is 29.6 Å². The monoisotopic (exact) mass is 548 g/mol. The SMILES string of the molecule is COC1CCCC(CNCC(O)COC2CNC(C(NC(=O)C3CC4CCCC(C)C4N3)C3CC3)C(C)C2)C1. The molecule has 1 amide bonds. The van der Waals surface area contributed by atoms with Crippen molar-refractivity contribution in [1.82, 2.24) is 21.3 Å². The van der Waals surface area contributed by atoms with E-state index in [-0.39, 0.29) is 30.1 Å². The zero-order valence-electron chi connectivity index (χ0n) is 24.7. The third kappa shape index (κ3) is 7.95. The molecule has 3 saturated carbocycles. The van der Waals surface area contributed by atoms with E-state index >= 15 is 0 Å². The van der Waals surface area contributed by atoms with E-state index in [9.17, 15) is 9.90 Å². The van der Waals surface area contributed by atoms with Gasteiger partial charge in [-0.1, -0.05) is 26.7 Å². The molecule has 11 atom stereocenters. The highest BCUT2D eigenvalue weighted by Gasteiger charge is 2.45. The number of aliphatic hydroxyl groups is 1. The van der Waals surface area contributed by atoms with Crippen LogP contribution in [-0.4, -0.2) is 86.8 Å². The van der Waals surface area contributed by atoms with Gasteiger partial charge in [0.15, 0.2) is 0 Å². The Hall–Kier alpha value is -0.770. The molecule has 5 fully saturated rings. The van der Waals surface area contributed by atoms with Crippen molar-refractivity contribution in [3.8, 4) is 0 Å². The van der Waals surface area contributed by atoms with E-state index in [1.54, 1.807) is 0 Å². The number of methoxy groups -OCH3 is 1. The van der Waals surface area contributed by atoms with Crippen molar-refractivity contribution >= 4 is 5.91 Å². The molecule has 39 heavy (non-hydrogen) atoms. The van der Waals surface area contributed by atoms with Gasteiger partial charge in [-0.2, -0.15) is 0 Å². The van der Waals surface area contributed by atoms with Gasteiger partial charge in [0.05, 0.1) is 31.0 Å². The van der Waals surface area contributed by atoms with E-state index in [0.29, 0.717) is 54.9 Å². The third-order valence-corrected chi connectivity index (χ3v) is 10.7. The van der Waals surface area contributed by atoms with Crippen LogP contribution in [0.15, 0.2) is 0 Å². The second kappa shape index (κ2) is 13.9. The van der Waals surface area contributed by atoms with Gasteiger partial charge in [-0.15, -0.1) is 0 Å². The second-order valence-electron chi connectivity index (χ2n) is 13.8. The smallest absolute Gasteiger partial charge is 0.237 e. The summed E-state index contributed by atoms with van der Waals surface area (Å²) in [4.78, 5) is 13.4. The molecule has 0 aromatic rings. The quantitative estimate of drug-likeness (QED) is 0.255. The topological polar surface area (TPSA) is 104 Å². The number of piperidine rings is 1. The largest absolute Gasteiger partial charge is 0.389 e. The van der Waals surface area contributed by atoms with Gasteiger partial charge in [0.1, 0.15) is 0 Å². The number of carbonyl (C=O) groups excluding carboxylic acids is 1. The van der Waals surface area contributed by atoms with Crippen LogP contribution in [0, 0.1) is 29.6 Å². The summed E-state index contributed by atoms with van der Waals surface area (Å²) in [5.74, 6) is 3.17. The average Bonchev–Trinajstić information content (AvgIpc) is 3.68. The lowest BCUT2D eigenvalue weighted by Gasteiger charge is -2.40. The minimum absolute atomic E-state index is 0.0357. The summed E-state index contributed by atoms with van der Waals surface area (Å²) in [6.45, 7) is 7.27. The molecule has 8 nitrogen and oxygen atoms in total. The third-order valence-electron chi connectivity index (χ3n) is 10.7. The van der Waals surface area contributed by atoms with Crippen LogP contribution in [0.5, 0.6) is 0 Å². The maximum atomic E-state index is 13.4. The van der Waals surface area contributed by atoms with E-state index < -0.39 is 6.10 Å². The lowest BCUT2D eigenvalue weighted by molar-refractivity contribution is -0.124. The minimum atomic E-state index is -0.497. The number of amides is 1. The number of carbonyl (C=O) groups is 1. The summed E-state index contributed by atoms with van der Waals surface area (Å²) in [5.41, 5.74) is 0. The predicted molar refractivity (Wildman–Crippen MR) is 153 cm³/mol. The number of fused-ring (bicyclic) bond motifs is 1. The van der Waals surface area contributed by atoms with Crippen LogP contribution in [0.1, 0.15) is 84.5 Å². The number of ether oxygens (including phenoxy) is 2. The van der Waals surface area contributed by atoms with Gasteiger partial charge in [-0.3, -0.25) is 4.79 Å². The highest BCUT2D eigenvalue weighted by molar-refractivity contribution is 5.82. The van der Waals surface area contributed by atoms with E-state index in [1.807, 2.05) is 7.11 Å². The van der Waals surface area contributed by atoms with Crippen molar-refractivity contribution in [2.75, 3.05) is 33.4 Å². The number of hydrogen-bond donors (Lipinski definition) is 5. The molecule has 0 aromatic heterocycles. The first kappa shape index (κ1) is 29.7. The van der Waals surface area contributed by atoms with E-state index in [4.69, 9.17) is 9.47 Å². The molecule has 11 unspecified atom stereocenters. The predicted octanol–water partition coefficient (Wildman–Crippen LogP) is 2.59. The fourth-order valence-electron chi connectivity index (χ4n) is 8.22. The Balaban J connectivity index is 1.02. The number of hydrogen-bond acceptors (Lipinski definition) is 7. The molecular weight excluding hydrogens is 492 g/mol. The fraction of sp³-hybridized carbons (Fsp3) is 0.968. The fourth-order valence-corrected chi connectivity index (χ4v) is 8.22. The number of nitrogens with one attached hydrogen (secondary N) is 4. The second-order valence-corrected chi connectivity index (χ2v) is 13.8. The average molecular weight is 549 g/mol. The number of rotatable bonds is 12. The Kier molecular flexibility index (Phi) is 10.6. The summed E-state index contributed by atoms with van der Waals surface area (Å²) >= 11 is 0. The normalized spacial score (nSPS) is 40.6. The Morgan fingerprint density at radius 3 is 2.56 bits per heavy atom. The Bertz CT molecular complexity index is 782. The zero-order valence-corrected chi connectivity index (χ0v) is 24.7. The van der Waals surface area contributed by atoms with Crippen molar-refractivity contribution in [2.45, 2.75) is 127 Å². The first-order valence-electron chi connectivity index (χ1n) is 16.2. The molecule has 5 rings (SSSR count). The lowest BCUT2D eigenvalue weighted by atomic mass is 9.78. The Morgan fingerprint density at radius 2 is 1.82 bits per heavy atom. The molecule has 2 aliphatic heterocycles. The lowest BCUT2D eigenvalue weighted by Crippen LogP contribution is -2.60. The van der Waals surface area contributed by atoms with E-state index in [1.165, 1.54) is 51.4 Å². The summed E-state index contributed by atoms with van der Waals surface area (Å²) in [7, 11) is 1.81. The van der Waals surface area contributed by atoms with E-state index in [0.717, 1.165) is 32.4 Å². The molecule has 0 aromatic carbocycles. The number of aliphatic hydroxyl groups excluding tert-OH is 1. The summed E-state index contributed by atoms with van der Waals surface area (Å²) in [6, 6.07) is 0.954. The molecule has 5 aliphatic rings. The van der Waals surface area contributed by atoms with Crippen molar-refractivity contribution in [3.63, 3.8) is 0 Å². The van der Waals surface area contributed by atoms with Gasteiger partial charge in [0.2, 0.25) is 5.91 Å². The van der Waals surface area contributed by atoms with Crippen LogP contribution in [0.2, 0.25) is 0 Å². The van der Waals surface area contributed by atoms with Gasteiger partial charge in [0, 0.05) is 38.3 Å². The highest BCUT2D eigenvalue weighted by atomic mass is 16.5. The van der Waals surface area contributed by atoms with Crippen LogP contribution >= 0.6 is 0 Å². The Morgan fingerprint density at radius 1 is 1.00 bits per heavy atom. The molecule has 0 bridgehead atoms. The van der Waals surface area contributed by atoms with Crippen LogP contribution in [0.25, 0.3) is 0 Å². The van der Waals surface area contributed by atoms with Gasteiger partial charge < -0.3 is 35.8 Å². The van der Waals surface area contributed by atoms with Crippen LogP contribution in [0.3, 0.4) is 0 Å². The molecule has 8 heteroatoms. The molecule has 3 aliphatic carbocycles. The summed E-state index contributed by atoms with van der Waals surface area (Å²) in [5, 5.41) is 24.9. The molecule has 224 valence electrons. The first-order valence-corrected chi connectivity index (χ1v) is 16.2. The molecule has 2 saturated heterocycles.